The molecule has 0 spiro atoms. The number of hydrogen-bond donors (Lipinski definition) is 0. The van der Waals surface area contributed by atoms with Crippen LogP contribution in [0.15, 0.2) is 0 Å². The van der Waals surface area contributed by atoms with Crippen molar-refractivity contribution in [3.05, 3.63) is 7.11 Å². The van der Waals surface area contributed by atoms with E-state index in [0.29, 0.717) is 0 Å². The smallest absolute Gasteiger partial charge is 1.00 e. The van der Waals surface area contributed by atoms with E-state index < -0.39 is 0 Å². The standard InChI is InChI=1S/CH4OP.BrH.Mg/c1-2-3;;/h1,3H2;1H;/q-1;;+2/p-1. The predicted molar refractivity (Wildman–Crippen MR) is 21.9 cm³/mol. The van der Waals surface area contributed by atoms with Crippen LogP contribution in [0.2, 0.25) is 0 Å². The van der Waals surface area contributed by atoms with Gasteiger partial charge in [-0.25, -0.2) is 7.11 Å². The SMILES string of the molecule is [Br-].[CH2-]OP.[Mg+2]. The van der Waals surface area contributed by atoms with Gasteiger partial charge in [-0.3, -0.25) is 0 Å². The fourth-order valence-electron chi connectivity index (χ4n) is 0. The van der Waals surface area contributed by atoms with Gasteiger partial charge in [-0.05, 0) is 9.47 Å². The molecule has 0 aromatic rings. The van der Waals surface area contributed by atoms with Crippen LogP contribution in [0.5, 0.6) is 0 Å². The van der Waals surface area contributed by atoms with Gasteiger partial charge in [0.15, 0.2) is 0 Å². The van der Waals surface area contributed by atoms with E-state index in [4.69, 9.17) is 0 Å². The summed E-state index contributed by atoms with van der Waals surface area (Å²) in [6.45, 7) is 0. The third-order valence-corrected chi connectivity index (χ3v) is 0. The first kappa shape index (κ1) is 15.9. The summed E-state index contributed by atoms with van der Waals surface area (Å²) in [4.78, 5) is 0. The maximum Gasteiger partial charge on any atom is 2.00 e. The minimum Gasteiger partial charge on any atom is -1.00 e. The Bertz CT molecular complexity index is 11.6. The van der Waals surface area contributed by atoms with Crippen molar-refractivity contribution >= 4 is 32.5 Å². The molecule has 0 aliphatic heterocycles. The van der Waals surface area contributed by atoms with Gasteiger partial charge in [0.2, 0.25) is 0 Å². The molecular formula is CH4BrMgOP. The first-order valence-corrected chi connectivity index (χ1v) is 0.996. The maximum atomic E-state index is 3.92. The van der Waals surface area contributed by atoms with Crippen molar-refractivity contribution in [3.8, 4) is 0 Å². The second-order valence-electron chi connectivity index (χ2n) is 0.167. The molecule has 0 aromatic carbocycles. The van der Waals surface area contributed by atoms with Gasteiger partial charge in [0, 0.05) is 0 Å². The third kappa shape index (κ3) is 27.8. The fraction of sp³-hybridized carbons (Fsp3) is 0. The van der Waals surface area contributed by atoms with Crippen molar-refractivity contribution < 1.29 is 21.5 Å². The van der Waals surface area contributed by atoms with E-state index in [-0.39, 0.29) is 40.0 Å². The number of halogens is 1. The van der Waals surface area contributed by atoms with Crippen molar-refractivity contribution in [2.75, 3.05) is 0 Å². The Morgan fingerprint density at radius 3 is 1.60 bits per heavy atom. The van der Waals surface area contributed by atoms with Crippen molar-refractivity contribution in [2.24, 2.45) is 0 Å². The Morgan fingerprint density at radius 2 is 1.60 bits per heavy atom. The summed E-state index contributed by atoms with van der Waals surface area (Å²) in [6, 6.07) is 0. The van der Waals surface area contributed by atoms with E-state index in [9.17, 15) is 0 Å². The number of rotatable bonds is 0. The third-order valence-electron chi connectivity index (χ3n) is 0. The molecule has 0 aliphatic carbocycles. The molecule has 28 valence electrons. The molecular weight excluding hydrogens is 163 g/mol. The molecule has 0 bridgehead atoms. The van der Waals surface area contributed by atoms with E-state index >= 15 is 0 Å². The maximum absolute atomic E-state index is 3.92. The summed E-state index contributed by atoms with van der Waals surface area (Å²) in [6.07, 6.45) is 0. The Morgan fingerprint density at radius 1 is 1.60 bits per heavy atom. The van der Waals surface area contributed by atoms with Gasteiger partial charge < -0.3 is 21.5 Å². The Balaban J connectivity index is -0.0000000200. The van der Waals surface area contributed by atoms with Crippen LogP contribution in [-0.4, -0.2) is 23.1 Å². The van der Waals surface area contributed by atoms with Crippen LogP contribution >= 0.6 is 9.47 Å². The van der Waals surface area contributed by atoms with Gasteiger partial charge in [0.25, 0.3) is 0 Å². The normalized spacial score (nSPS) is 3.60. The molecule has 0 saturated carbocycles. The quantitative estimate of drug-likeness (QED) is 0.215. The molecule has 1 atom stereocenters. The van der Waals surface area contributed by atoms with E-state index in [1.807, 2.05) is 9.47 Å². The van der Waals surface area contributed by atoms with Crippen LogP contribution in [0.25, 0.3) is 0 Å². The average molecular weight is 167 g/mol. The van der Waals surface area contributed by atoms with Crippen LogP contribution in [0.4, 0.5) is 0 Å². The van der Waals surface area contributed by atoms with Gasteiger partial charge in [-0.2, -0.15) is 0 Å². The second-order valence-corrected chi connectivity index (χ2v) is 0.500. The van der Waals surface area contributed by atoms with Crippen molar-refractivity contribution in [1.82, 2.24) is 0 Å². The first-order valence-electron chi connectivity index (χ1n) is 0.524. The van der Waals surface area contributed by atoms with Gasteiger partial charge in [0.1, 0.15) is 0 Å². The van der Waals surface area contributed by atoms with Crippen LogP contribution in [-0.2, 0) is 4.52 Å². The number of hydrogen-bond acceptors (Lipinski definition) is 1. The molecule has 4 heteroatoms. The molecule has 0 heterocycles. The van der Waals surface area contributed by atoms with E-state index in [0.717, 1.165) is 0 Å². The van der Waals surface area contributed by atoms with Crippen molar-refractivity contribution in [3.63, 3.8) is 0 Å². The Hall–Kier alpha value is 1.64. The largest absolute Gasteiger partial charge is 2.00 e. The van der Waals surface area contributed by atoms with E-state index in [1.165, 1.54) is 0 Å². The summed E-state index contributed by atoms with van der Waals surface area (Å²) < 4.78 is 3.92. The Kier molecular flexibility index (Phi) is 55.6. The summed E-state index contributed by atoms with van der Waals surface area (Å²) >= 11 is 0. The summed E-state index contributed by atoms with van der Waals surface area (Å²) in [5.74, 6) is 0. The second kappa shape index (κ2) is 17.4. The molecule has 0 aromatic heterocycles. The summed E-state index contributed by atoms with van der Waals surface area (Å²) in [5, 5.41) is 0. The monoisotopic (exact) mass is 166 g/mol. The molecule has 0 fully saturated rings. The van der Waals surface area contributed by atoms with Gasteiger partial charge >= 0.3 is 23.1 Å². The molecule has 5 heavy (non-hydrogen) atoms. The van der Waals surface area contributed by atoms with Crippen LogP contribution in [0, 0.1) is 7.11 Å². The zero-order chi connectivity index (χ0) is 2.71. The Labute approximate surface area is 61.1 Å². The van der Waals surface area contributed by atoms with Crippen LogP contribution < -0.4 is 17.0 Å². The predicted octanol–water partition coefficient (Wildman–Crippen LogP) is -2.79. The zero-order valence-corrected chi connectivity index (χ0v) is 6.93. The van der Waals surface area contributed by atoms with Gasteiger partial charge in [0.05, 0.1) is 0 Å². The fourth-order valence-corrected chi connectivity index (χ4v) is 0. The topological polar surface area (TPSA) is 9.23 Å². The molecule has 0 radical (unpaired) electrons. The molecule has 1 nitrogen and oxygen atoms in total. The summed E-state index contributed by atoms with van der Waals surface area (Å²) in [5.41, 5.74) is 0. The van der Waals surface area contributed by atoms with Crippen molar-refractivity contribution in [2.45, 2.75) is 0 Å². The molecule has 0 aliphatic rings. The molecule has 0 saturated heterocycles. The average Bonchev–Trinajstić information content (AvgIpc) is 0.918. The molecule has 0 N–H and O–H groups in total. The van der Waals surface area contributed by atoms with Gasteiger partial charge in [-0.1, -0.05) is 0 Å². The first-order chi connectivity index (χ1) is 1.41. The van der Waals surface area contributed by atoms with Crippen LogP contribution in [0.3, 0.4) is 0 Å². The zero-order valence-electron chi connectivity index (χ0n) is 2.78. The van der Waals surface area contributed by atoms with Crippen LogP contribution in [0.1, 0.15) is 0 Å². The molecule has 1 unspecified atom stereocenters. The van der Waals surface area contributed by atoms with Crippen molar-refractivity contribution in [1.29, 1.82) is 0 Å². The molecule has 0 amide bonds. The van der Waals surface area contributed by atoms with E-state index in [2.05, 4.69) is 11.6 Å². The molecule has 0 rings (SSSR count). The minimum absolute atomic E-state index is 0. The minimum atomic E-state index is 0. The van der Waals surface area contributed by atoms with E-state index in [1.54, 1.807) is 0 Å². The summed E-state index contributed by atoms with van der Waals surface area (Å²) in [7, 11) is 4.92. The van der Waals surface area contributed by atoms with Gasteiger partial charge in [-0.15, -0.1) is 0 Å².